The monoisotopic (exact) mass is 535 g/mol. The van der Waals surface area contributed by atoms with Crippen molar-refractivity contribution in [3.8, 4) is 0 Å². The zero-order valence-electron chi connectivity index (χ0n) is 23.8. The van der Waals surface area contributed by atoms with Crippen LogP contribution in [-0.4, -0.2) is 48.5 Å². The first-order valence-corrected chi connectivity index (χ1v) is 12.5. The SMILES string of the molecule is [2H]C([2H])([2H])O[C@@H]1CC(C(=O)N[C@H](C(/C(F)=C/Cl)=C(\F)C=C)C23CCC(F)(CC2)C3)C[C@@H]1NC(=O)OC(C)(C)C. The van der Waals surface area contributed by atoms with Gasteiger partial charge in [-0.3, -0.25) is 4.79 Å². The van der Waals surface area contributed by atoms with Crippen molar-refractivity contribution in [1.29, 1.82) is 0 Å². The van der Waals surface area contributed by atoms with Gasteiger partial charge in [0.05, 0.1) is 22.3 Å². The smallest absolute Gasteiger partial charge is 0.407 e. The molecular weight excluding hydrogens is 497 g/mol. The van der Waals surface area contributed by atoms with Crippen LogP contribution in [0, 0.1) is 11.3 Å². The fourth-order valence-corrected chi connectivity index (χ4v) is 5.99. The number of ether oxygens (including phenoxy) is 2. The van der Waals surface area contributed by atoms with E-state index < -0.39 is 77.1 Å². The first kappa shape index (κ1) is 24.3. The quantitative estimate of drug-likeness (QED) is 0.378. The summed E-state index contributed by atoms with van der Waals surface area (Å²) in [7, 11) is -2.80. The van der Waals surface area contributed by atoms with Gasteiger partial charge >= 0.3 is 6.09 Å². The number of allylic oxidation sites excluding steroid dienone is 2. The highest BCUT2D eigenvalue weighted by Gasteiger charge is 2.60. The van der Waals surface area contributed by atoms with Gasteiger partial charge in [-0.25, -0.2) is 18.0 Å². The number of carbonyl (C=O) groups is 2. The van der Waals surface area contributed by atoms with Crippen LogP contribution in [0.15, 0.2) is 35.4 Å². The molecule has 4 atom stereocenters. The molecule has 3 aliphatic rings. The van der Waals surface area contributed by atoms with E-state index in [9.17, 15) is 14.0 Å². The van der Waals surface area contributed by atoms with Gasteiger partial charge in [0.25, 0.3) is 0 Å². The molecule has 3 saturated carbocycles. The summed E-state index contributed by atoms with van der Waals surface area (Å²) in [6.07, 6.45) is -0.152. The number of hydrogen-bond donors (Lipinski definition) is 2. The Bertz CT molecular complexity index is 1040. The van der Waals surface area contributed by atoms with Gasteiger partial charge in [-0.05, 0) is 77.2 Å². The summed E-state index contributed by atoms with van der Waals surface area (Å²) < 4.78 is 78.0. The Morgan fingerprint density at radius 2 is 1.89 bits per heavy atom. The van der Waals surface area contributed by atoms with Crippen LogP contribution >= 0.6 is 11.6 Å². The van der Waals surface area contributed by atoms with E-state index in [1.807, 2.05) is 0 Å². The predicted molar refractivity (Wildman–Crippen MR) is 131 cm³/mol. The molecular formula is C26H36ClF3N2O4. The number of alkyl carbamates (subject to hydrolysis) is 1. The van der Waals surface area contributed by atoms with E-state index in [1.165, 1.54) is 0 Å². The molecule has 6 nitrogen and oxygen atoms in total. The van der Waals surface area contributed by atoms with Gasteiger partial charge in [0, 0.05) is 24.1 Å². The summed E-state index contributed by atoms with van der Waals surface area (Å²) in [5.41, 5.74) is -3.21. The van der Waals surface area contributed by atoms with Gasteiger partial charge in [-0.15, -0.1) is 0 Å². The van der Waals surface area contributed by atoms with Crippen molar-refractivity contribution in [3.63, 3.8) is 0 Å². The summed E-state index contributed by atoms with van der Waals surface area (Å²) in [6.45, 7) is 8.35. The molecule has 0 aromatic rings. The largest absolute Gasteiger partial charge is 0.444 e. The lowest BCUT2D eigenvalue weighted by molar-refractivity contribution is -0.126. The Labute approximate surface area is 219 Å². The molecule has 0 radical (unpaired) electrons. The lowest BCUT2D eigenvalue weighted by Gasteiger charge is -2.38. The highest BCUT2D eigenvalue weighted by Crippen LogP contribution is 2.61. The maximum Gasteiger partial charge on any atom is 0.407 e. The van der Waals surface area contributed by atoms with Crippen LogP contribution in [0.2, 0.25) is 0 Å². The molecule has 0 aromatic heterocycles. The maximum absolute atomic E-state index is 15.2. The molecule has 0 aromatic carbocycles. The number of hydrogen-bond acceptors (Lipinski definition) is 4. The van der Waals surface area contributed by atoms with E-state index in [4.69, 9.17) is 25.2 Å². The average molecular weight is 536 g/mol. The molecule has 1 unspecified atom stereocenters. The second-order valence-corrected chi connectivity index (χ2v) is 11.3. The van der Waals surface area contributed by atoms with E-state index in [-0.39, 0.29) is 32.1 Å². The lowest BCUT2D eigenvalue weighted by Crippen LogP contribution is -2.49. The van der Waals surface area contributed by atoms with Gasteiger partial charge in [0.2, 0.25) is 5.91 Å². The molecule has 2 amide bonds. The number of nitrogens with one attached hydrogen (secondary N) is 2. The van der Waals surface area contributed by atoms with E-state index in [0.717, 1.165) is 6.08 Å². The lowest BCUT2D eigenvalue weighted by atomic mass is 9.73. The molecule has 10 heteroatoms. The Hall–Kier alpha value is -2.00. The van der Waals surface area contributed by atoms with Crippen molar-refractivity contribution in [2.75, 3.05) is 7.04 Å². The van der Waals surface area contributed by atoms with Crippen molar-refractivity contribution in [2.45, 2.75) is 95.2 Å². The van der Waals surface area contributed by atoms with Gasteiger partial charge in [-0.1, -0.05) is 18.2 Å². The molecule has 3 fully saturated rings. The summed E-state index contributed by atoms with van der Waals surface area (Å²) in [4.78, 5) is 26.0. The number of methoxy groups -OCH3 is 1. The zero-order chi connectivity index (χ0) is 29.4. The van der Waals surface area contributed by atoms with Crippen LogP contribution in [-0.2, 0) is 14.3 Å². The Balaban J connectivity index is 1.89. The number of amides is 2. The molecule has 2 bridgehead atoms. The first-order valence-electron chi connectivity index (χ1n) is 13.6. The molecule has 2 N–H and O–H groups in total. The summed E-state index contributed by atoms with van der Waals surface area (Å²) >= 11 is 5.60. The molecule has 0 spiro atoms. The Morgan fingerprint density at radius 3 is 2.39 bits per heavy atom. The topological polar surface area (TPSA) is 76.7 Å². The molecule has 0 aliphatic heterocycles. The van der Waals surface area contributed by atoms with Crippen LogP contribution in [0.3, 0.4) is 0 Å². The second-order valence-electron chi connectivity index (χ2n) is 11.1. The van der Waals surface area contributed by atoms with Crippen LogP contribution in [0.4, 0.5) is 18.0 Å². The molecule has 3 rings (SSSR count). The van der Waals surface area contributed by atoms with E-state index in [2.05, 4.69) is 17.2 Å². The van der Waals surface area contributed by atoms with Crippen molar-refractivity contribution in [3.05, 3.63) is 35.4 Å². The van der Waals surface area contributed by atoms with Gasteiger partial charge in [0.1, 0.15) is 22.9 Å². The van der Waals surface area contributed by atoms with E-state index in [0.29, 0.717) is 18.4 Å². The van der Waals surface area contributed by atoms with Crippen molar-refractivity contribution in [2.24, 2.45) is 11.3 Å². The minimum atomic E-state index is -2.80. The number of fused-ring (bicyclic) bond motifs is 2. The predicted octanol–water partition coefficient (Wildman–Crippen LogP) is 5.92. The first-order chi connectivity index (χ1) is 17.9. The summed E-state index contributed by atoms with van der Waals surface area (Å²) in [5, 5.41) is 5.31. The van der Waals surface area contributed by atoms with Gasteiger partial charge in [0.15, 0.2) is 0 Å². The molecule has 0 heterocycles. The van der Waals surface area contributed by atoms with Crippen molar-refractivity contribution >= 4 is 23.6 Å². The zero-order valence-corrected chi connectivity index (χ0v) is 21.5. The van der Waals surface area contributed by atoms with E-state index >= 15 is 8.78 Å². The average Bonchev–Trinajstić information content (AvgIpc) is 3.47. The number of halogens is 4. The van der Waals surface area contributed by atoms with Gasteiger partial charge in [-0.2, -0.15) is 0 Å². The third-order valence-electron chi connectivity index (χ3n) is 7.52. The molecule has 3 aliphatic carbocycles. The fourth-order valence-electron chi connectivity index (χ4n) is 5.88. The maximum atomic E-state index is 15.2. The van der Waals surface area contributed by atoms with Crippen LogP contribution in [0.25, 0.3) is 0 Å². The second kappa shape index (κ2) is 10.8. The number of carbonyl (C=O) groups excluding carboxylic acids is 2. The molecule has 0 saturated heterocycles. The Kier molecular flexibility index (Phi) is 7.29. The van der Waals surface area contributed by atoms with Crippen molar-refractivity contribution < 1.29 is 36.3 Å². The standard InChI is InChI=1S/C26H36ClF3N2O4/c1-6-16(28)20(17(29)13-27)21(25-7-9-26(30,14-25)10-8-25)32-22(33)15-11-18(19(12-15)35-5)31-23(34)36-24(2,3)4/h6,13,15,18-19,21H,1,7-12,14H2,2-5H3,(H,31,34)(H,32,33)/b17-13-,20-16-/t15?,18-,19+,21+,25?,26?/m0/s1/i5D3. The summed E-state index contributed by atoms with van der Waals surface area (Å²) in [5.74, 6) is -3.67. The molecule has 202 valence electrons. The van der Waals surface area contributed by atoms with Gasteiger partial charge < -0.3 is 20.1 Å². The van der Waals surface area contributed by atoms with Crippen LogP contribution in [0.5, 0.6) is 0 Å². The van der Waals surface area contributed by atoms with Crippen LogP contribution < -0.4 is 10.6 Å². The third-order valence-corrected chi connectivity index (χ3v) is 7.71. The van der Waals surface area contributed by atoms with Crippen molar-refractivity contribution in [1.82, 2.24) is 10.6 Å². The number of rotatable bonds is 8. The van der Waals surface area contributed by atoms with E-state index in [1.54, 1.807) is 20.8 Å². The summed E-state index contributed by atoms with van der Waals surface area (Å²) in [6, 6.07) is -2.14. The third kappa shape index (κ3) is 6.10. The Morgan fingerprint density at radius 1 is 1.22 bits per heavy atom. The highest BCUT2D eigenvalue weighted by atomic mass is 35.5. The fraction of sp³-hybridized carbons (Fsp3) is 0.692. The normalized spacial score (nSPS) is 35.2. The highest BCUT2D eigenvalue weighted by molar-refractivity contribution is 6.25. The number of alkyl halides is 1. The minimum Gasteiger partial charge on any atom is -0.444 e. The minimum absolute atomic E-state index is 0.0184. The van der Waals surface area contributed by atoms with Crippen LogP contribution in [0.1, 0.15) is 69.8 Å². The molecule has 36 heavy (non-hydrogen) atoms.